The molecule has 3 unspecified atom stereocenters. The average Bonchev–Trinajstić information content (AvgIpc) is 3.00. The molecule has 2 bridgehead atoms. The van der Waals surface area contributed by atoms with E-state index in [-0.39, 0.29) is 4.90 Å². The fourth-order valence-electron chi connectivity index (χ4n) is 3.95. The van der Waals surface area contributed by atoms with Gasteiger partial charge >= 0.3 is 0 Å². The molecule has 0 radical (unpaired) electrons. The van der Waals surface area contributed by atoms with Crippen molar-refractivity contribution < 1.29 is 8.42 Å². The second kappa shape index (κ2) is 5.56. The Labute approximate surface area is 134 Å². The van der Waals surface area contributed by atoms with Crippen LogP contribution in [0, 0.1) is 17.8 Å². The summed E-state index contributed by atoms with van der Waals surface area (Å²) in [4.78, 5) is 0.205. The first-order valence-corrected chi connectivity index (χ1v) is 9.62. The number of nitrogens with two attached hydrogens (primary N) is 1. The van der Waals surface area contributed by atoms with E-state index in [1.54, 1.807) is 25.2 Å². The van der Waals surface area contributed by atoms with E-state index in [4.69, 9.17) is 5.73 Å². The van der Waals surface area contributed by atoms with E-state index in [2.05, 4.69) is 15.9 Å². The predicted octanol–water partition coefficient (Wildman–Crippen LogP) is 3.09. The normalized spacial score (nSPS) is 28.4. The fourth-order valence-corrected chi connectivity index (χ4v) is 5.65. The number of hydrogen-bond acceptors (Lipinski definition) is 3. The molecule has 2 aliphatic carbocycles. The van der Waals surface area contributed by atoms with Gasteiger partial charge in [-0.1, -0.05) is 22.4 Å². The summed E-state index contributed by atoms with van der Waals surface area (Å²) >= 11 is 3.30. The van der Waals surface area contributed by atoms with Gasteiger partial charge in [-0.15, -0.1) is 0 Å². The first-order valence-electron chi connectivity index (χ1n) is 7.39. The molecule has 0 saturated heterocycles. The van der Waals surface area contributed by atoms with Gasteiger partial charge in [0.05, 0.1) is 5.69 Å². The molecule has 116 valence electrons. The lowest BCUT2D eigenvalue weighted by Crippen LogP contribution is -2.34. The molecule has 1 aromatic rings. The maximum Gasteiger partial charge on any atom is 0.244 e. The molecule has 2 fully saturated rings. The Kier molecular flexibility index (Phi) is 4.05. The van der Waals surface area contributed by atoms with Crippen molar-refractivity contribution in [2.75, 3.05) is 19.3 Å². The van der Waals surface area contributed by atoms with Crippen molar-refractivity contribution in [3.63, 3.8) is 0 Å². The van der Waals surface area contributed by atoms with Crippen molar-refractivity contribution in [3.8, 4) is 0 Å². The van der Waals surface area contributed by atoms with Crippen LogP contribution in [0.25, 0.3) is 0 Å². The van der Waals surface area contributed by atoms with Gasteiger partial charge in [0.25, 0.3) is 0 Å². The summed E-state index contributed by atoms with van der Waals surface area (Å²) in [5.41, 5.74) is 6.17. The van der Waals surface area contributed by atoms with Crippen molar-refractivity contribution >= 4 is 31.6 Å². The Morgan fingerprint density at radius 3 is 2.67 bits per heavy atom. The van der Waals surface area contributed by atoms with Crippen molar-refractivity contribution in [1.82, 2.24) is 4.31 Å². The van der Waals surface area contributed by atoms with Gasteiger partial charge in [-0.3, -0.25) is 0 Å². The largest absolute Gasteiger partial charge is 0.398 e. The van der Waals surface area contributed by atoms with E-state index in [1.807, 2.05) is 0 Å². The third-order valence-corrected chi connectivity index (χ3v) is 7.43. The molecule has 21 heavy (non-hydrogen) atoms. The molecule has 0 aromatic heterocycles. The zero-order chi connectivity index (χ0) is 15.2. The van der Waals surface area contributed by atoms with Crippen molar-refractivity contribution in [2.24, 2.45) is 17.8 Å². The second-order valence-corrected chi connectivity index (χ2v) is 9.33. The first kappa shape index (κ1) is 15.3. The standard InChI is InChI=1S/C15H21BrN2O2S/c1-18(9-12-7-10-2-3-11(12)6-10)21(19,20)15-5-4-13(16)8-14(15)17/h4-5,8,10-12H,2-3,6-7,9,17H2,1H3. The summed E-state index contributed by atoms with van der Waals surface area (Å²) in [5, 5.41) is 0. The van der Waals surface area contributed by atoms with Gasteiger partial charge < -0.3 is 5.73 Å². The number of fused-ring (bicyclic) bond motifs is 2. The number of nitrogens with zero attached hydrogens (tertiary/aromatic N) is 1. The number of benzene rings is 1. The highest BCUT2D eigenvalue weighted by atomic mass is 79.9. The van der Waals surface area contributed by atoms with Crippen LogP contribution in [0.3, 0.4) is 0 Å². The van der Waals surface area contributed by atoms with E-state index in [0.717, 1.165) is 16.3 Å². The van der Waals surface area contributed by atoms with Crippen LogP contribution in [0.4, 0.5) is 5.69 Å². The molecule has 0 spiro atoms. The molecule has 3 atom stereocenters. The number of sulfonamides is 1. The zero-order valence-corrected chi connectivity index (χ0v) is 14.5. The molecule has 0 aliphatic heterocycles. The number of nitrogen functional groups attached to an aromatic ring is 1. The SMILES string of the molecule is CN(CC1CC2CCC1C2)S(=O)(=O)c1ccc(Br)cc1N. The third kappa shape index (κ3) is 2.85. The van der Waals surface area contributed by atoms with Gasteiger partial charge in [-0.05, 0) is 55.2 Å². The Hall–Kier alpha value is -0.590. The van der Waals surface area contributed by atoms with Crippen LogP contribution in [-0.4, -0.2) is 26.3 Å². The number of halogens is 1. The summed E-state index contributed by atoms with van der Waals surface area (Å²) in [7, 11) is -1.83. The Bertz CT molecular complexity index is 647. The quantitative estimate of drug-likeness (QED) is 0.825. The highest BCUT2D eigenvalue weighted by Gasteiger charge is 2.41. The molecule has 2 aliphatic rings. The average molecular weight is 373 g/mol. The number of rotatable bonds is 4. The van der Waals surface area contributed by atoms with Gasteiger partial charge in [-0.2, -0.15) is 0 Å². The van der Waals surface area contributed by atoms with Crippen LogP contribution in [-0.2, 0) is 10.0 Å². The molecule has 2 N–H and O–H groups in total. The van der Waals surface area contributed by atoms with Gasteiger partial charge in [0, 0.05) is 18.1 Å². The van der Waals surface area contributed by atoms with Crippen molar-refractivity contribution in [2.45, 2.75) is 30.6 Å². The van der Waals surface area contributed by atoms with Crippen LogP contribution < -0.4 is 5.73 Å². The van der Waals surface area contributed by atoms with Crippen LogP contribution in [0.15, 0.2) is 27.6 Å². The monoisotopic (exact) mass is 372 g/mol. The lowest BCUT2D eigenvalue weighted by Gasteiger charge is -2.27. The van der Waals surface area contributed by atoms with Crippen LogP contribution >= 0.6 is 15.9 Å². The predicted molar refractivity (Wildman–Crippen MR) is 87.3 cm³/mol. The molecule has 0 amide bonds. The Balaban J connectivity index is 1.78. The molecular formula is C15H21BrN2O2S. The lowest BCUT2D eigenvalue weighted by atomic mass is 9.89. The third-order valence-electron chi connectivity index (χ3n) is 5.04. The maximum atomic E-state index is 12.7. The van der Waals surface area contributed by atoms with Gasteiger partial charge in [0.15, 0.2) is 0 Å². The smallest absolute Gasteiger partial charge is 0.244 e. The summed E-state index contributed by atoms with van der Waals surface area (Å²) in [5.74, 6) is 2.06. The Morgan fingerprint density at radius 1 is 1.33 bits per heavy atom. The van der Waals surface area contributed by atoms with Crippen LogP contribution in [0.5, 0.6) is 0 Å². The number of hydrogen-bond donors (Lipinski definition) is 1. The molecule has 3 rings (SSSR count). The molecular weight excluding hydrogens is 352 g/mol. The van der Waals surface area contributed by atoms with E-state index >= 15 is 0 Å². The van der Waals surface area contributed by atoms with E-state index in [9.17, 15) is 8.42 Å². The Morgan fingerprint density at radius 2 is 2.10 bits per heavy atom. The summed E-state index contributed by atoms with van der Waals surface area (Å²) in [6.07, 6.45) is 5.07. The molecule has 4 nitrogen and oxygen atoms in total. The molecule has 6 heteroatoms. The zero-order valence-electron chi connectivity index (χ0n) is 12.1. The van der Waals surface area contributed by atoms with Gasteiger partial charge in [-0.25, -0.2) is 12.7 Å². The summed E-state index contributed by atoms with van der Waals surface area (Å²) in [6, 6.07) is 4.93. The second-order valence-electron chi connectivity index (χ2n) is 6.40. The number of anilines is 1. The first-order chi connectivity index (χ1) is 9.88. The van der Waals surface area contributed by atoms with Crippen molar-refractivity contribution in [1.29, 1.82) is 0 Å². The van der Waals surface area contributed by atoms with Crippen LogP contribution in [0.2, 0.25) is 0 Å². The maximum absolute atomic E-state index is 12.7. The highest BCUT2D eigenvalue weighted by molar-refractivity contribution is 9.10. The molecule has 1 aromatic carbocycles. The summed E-state index contributed by atoms with van der Waals surface area (Å²) in [6.45, 7) is 0.610. The van der Waals surface area contributed by atoms with E-state index < -0.39 is 10.0 Å². The van der Waals surface area contributed by atoms with Gasteiger partial charge in [0.2, 0.25) is 10.0 Å². The minimum atomic E-state index is -3.50. The molecule has 0 heterocycles. The van der Waals surface area contributed by atoms with Crippen LogP contribution in [0.1, 0.15) is 25.7 Å². The topological polar surface area (TPSA) is 63.4 Å². The lowest BCUT2D eigenvalue weighted by molar-refractivity contribution is 0.280. The summed E-state index contributed by atoms with van der Waals surface area (Å²) < 4.78 is 27.6. The fraction of sp³-hybridized carbons (Fsp3) is 0.600. The van der Waals surface area contributed by atoms with Crippen molar-refractivity contribution in [3.05, 3.63) is 22.7 Å². The van der Waals surface area contributed by atoms with E-state index in [0.29, 0.717) is 18.2 Å². The minimum Gasteiger partial charge on any atom is -0.398 e. The van der Waals surface area contributed by atoms with E-state index in [1.165, 1.54) is 30.0 Å². The molecule has 2 saturated carbocycles. The van der Waals surface area contributed by atoms with Gasteiger partial charge in [0.1, 0.15) is 4.90 Å². The minimum absolute atomic E-state index is 0.205. The highest BCUT2D eigenvalue weighted by Crippen LogP contribution is 2.48.